The summed E-state index contributed by atoms with van der Waals surface area (Å²) in [6.07, 6.45) is 3.35. The lowest BCUT2D eigenvalue weighted by atomic mass is 10.0. The first-order valence-corrected chi connectivity index (χ1v) is 15.8. The summed E-state index contributed by atoms with van der Waals surface area (Å²) in [4.78, 5) is 44.8. The van der Waals surface area contributed by atoms with Gasteiger partial charge in [0, 0.05) is 36.6 Å². The van der Waals surface area contributed by atoms with E-state index in [9.17, 15) is 14.4 Å². The van der Waals surface area contributed by atoms with Crippen LogP contribution in [0, 0.1) is 0 Å². The molecule has 1 atom stereocenters. The van der Waals surface area contributed by atoms with Gasteiger partial charge in [0.1, 0.15) is 11.3 Å². The van der Waals surface area contributed by atoms with Crippen molar-refractivity contribution in [2.24, 2.45) is 0 Å². The van der Waals surface area contributed by atoms with Crippen molar-refractivity contribution in [1.29, 1.82) is 0 Å². The summed E-state index contributed by atoms with van der Waals surface area (Å²) in [6.45, 7) is 10.0. The molecule has 0 radical (unpaired) electrons. The number of thiophene rings is 1. The predicted molar refractivity (Wildman–Crippen MR) is 172 cm³/mol. The summed E-state index contributed by atoms with van der Waals surface area (Å²) in [7, 11) is 0. The van der Waals surface area contributed by atoms with E-state index < -0.39 is 17.6 Å². The Morgan fingerprint density at radius 3 is 2.43 bits per heavy atom. The van der Waals surface area contributed by atoms with E-state index in [1.165, 1.54) is 11.3 Å². The summed E-state index contributed by atoms with van der Waals surface area (Å²) in [5.74, 6) is -0.419. The number of rotatable bonds is 12. The molecule has 0 bridgehead atoms. The quantitative estimate of drug-likeness (QED) is 0.211. The van der Waals surface area contributed by atoms with Crippen LogP contribution in [0.15, 0.2) is 59.4 Å². The van der Waals surface area contributed by atoms with Gasteiger partial charge in [-0.3, -0.25) is 20.0 Å². The Balaban J connectivity index is 1.36. The predicted octanol–water partition coefficient (Wildman–Crippen LogP) is 5.44. The third-order valence-corrected chi connectivity index (χ3v) is 7.63. The minimum absolute atomic E-state index is 0.211. The van der Waals surface area contributed by atoms with E-state index in [0.29, 0.717) is 24.3 Å². The topological polar surface area (TPSA) is 134 Å². The van der Waals surface area contributed by atoms with Crippen LogP contribution in [0.5, 0.6) is 0 Å². The van der Waals surface area contributed by atoms with Crippen LogP contribution in [0.1, 0.15) is 61.3 Å². The van der Waals surface area contributed by atoms with Gasteiger partial charge in [-0.1, -0.05) is 36.4 Å². The van der Waals surface area contributed by atoms with Gasteiger partial charge in [0.2, 0.25) is 0 Å². The van der Waals surface area contributed by atoms with E-state index in [0.717, 1.165) is 56.8 Å². The van der Waals surface area contributed by atoms with Gasteiger partial charge in [-0.15, -0.1) is 11.3 Å². The second-order valence-electron chi connectivity index (χ2n) is 11.5. The van der Waals surface area contributed by atoms with E-state index in [1.54, 1.807) is 43.8 Å². The van der Waals surface area contributed by atoms with Gasteiger partial charge in [-0.2, -0.15) is 0 Å². The maximum atomic E-state index is 13.0. The van der Waals surface area contributed by atoms with Gasteiger partial charge in [0.25, 0.3) is 5.91 Å². The smallest absolute Gasteiger partial charge is 0.412 e. The summed E-state index contributed by atoms with van der Waals surface area (Å²) in [6, 6.07) is 12.9. The molecule has 44 heavy (non-hydrogen) atoms. The third kappa shape index (κ3) is 10.9. The number of nitrogens with zero attached hydrogens (tertiary/aromatic N) is 2. The summed E-state index contributed by atoms with van der Waals surface area (Å²) in [5, 5.41) is 15.0. The highest BCUT2D eigenvalue weighted by Crippen LogP contribution is 2.28. The molecule has 236 valence electrons. The minimum atomic E-state index is -0.646. The first-order chi connectivity index (χ1) is 21.2. The maximum Gasteiger partial charge on any atom is 0.412 e. The molecule has 1 aliphatic heterocycles. The van der Waals surface area contributed by atoms with Gasteiger partial charge >= 0.3 is 12.1 Å². The lowest BCUT2D eigenvalue weighted by Crippen LogP contribution is -2.40. The van der Waals surface area contributed by atoms with Gasteiger partial charge in [0.05, 0.1) is 30.6 Å². The molecule has 11 nitrogen and oxygen atoms in total. The number of carbonyl (C=O) groups is 3. The van der Waals surface area contributed by atoms with Gasteiger partial charge in [-0.05, 0) is 63.8 Å². The summed E-state index contributed by atoms with van der Waals surface area (Å²) in [5.41, 5.74) is 2.42. The summed E-state index contributed by atoms with van der Waals surface area (Å²) >= 11 is 1.34. The fourth-order valence-corrected chi connectivity index (χ4v) is 5.39. The number of morpholine rings is 1. The van der Waals surface area contributed by atoms with E-state index in [4.69, 9.17) is 9.47 Å². The second-order valence-corrected chi connectivity index (χ2v) is 12.3. The van der Waals surface area contributed by atoms with E-state index in [2.05, 4.69) is 31.2 Å². The molecule has 1 fully saturated rings. The molecule has 4 N–H and O–H groups in total. The zero-order valence-electron chi connectivity index (χ0n) is 25.6. The number of hydrogen-bond acceptors (Lipinski definition) is 8. The molecule has 0 spiro atoms. The van der Waals surface area contributed by atoms with Crippen LogP contribution < -0.4 is 21.3 Å². The molecular formula is C32H42N6O5S. The second kappa shape index (κ2) is 16.2. The van der Waals surface area contributed by atoms with Crippen molar-refractivity contribution in [3.63, 3.8) is 0 Å². The van der Waals surface area contributed by atoms with E-state index in [-0.39, 0.29) is 17.8 Å². The van der Waals surface area contributed by atoms with E-state index in [1.807, 2.05) is 36.4 Å². The number of pyridine rings is 1. The number of urea groups is 1. The average Bonchev–Trinajstić information content (AvgIpc) is 3.42. The van der Waals surface area contributed by atoms with E-state index >= 15 is 0 Å². The fraction of sp³-hybridized carbons (Fsp3) is 0.438. The van der Waals surface area contributed by atoms with Crippen molar-refractivity contribution in [3.8, 4) is 0 Å². The Kier molecular flexibility index (Phi) is 12.1. The van der Waals surface area contributed by atoms with Crippen LogP contribution in [0.25, 0.3) is 0 Å². The SMILES string of the molecule is CC(C)(C)OC(=O)Nc1cscc1NC(=O)c1ccc(C(CCCN2CCOCC2)NC(=O)NCCc2ccccc2)cn1. The lowest BCUT2D eigenvalue weighted by Gasteiger charge is -2.27. The number of benzene rings is 1. The number of nitrogens with one attached hydrogen (secondary N) is 4. The van der Waals surface area contributed by atoms with Crippen LogP contribution in [0.4, 0.5) is 21.0 Å². The van der Waals surface area contributed by atoms with Crippen molar-refractivity contribution < 1.29 is 23.9 Å². The molecule has 1 aromatic carbocycles. The Morgan fingerprint density at radius 2 is 1.75 bits per heavy atom. The summed E-state index contributed by atoms with van der Waals surface area (Å²) < 4.78 is 10.8. The molecular weight excluding hydrogens is 580 g/mol. The Bertz CT molecular complexity index is 1350. The average molecular weight is 623 g/mol. The highest BCUT2D eigenvalue weighted by molar-refractivity contribution is 7.09. The highest BCUT2D eigenvalue weighted by Gasteiger charge is 2.20. The fourth-order valence-electron chi connectivity index (χ4n) is 4.68. The Labute approximate surface area is 262 Å². The molecule has 2 aromatic heterocycles. The van der Waals surface area contributed by atoms with Crippen LogP contribution in [-0.2, 0) is 15.9 Å². The standard InChI is InChI=1S/C32H42N6O5S/c1-32(2,3)43-31(41)37-28-22-44-21-27(28)35-29(39)26-12-11-24(20-34-26)25(10-7-15-38-16-18-42-19-17-38)36-30(40)33-14-13-23-8-5-4-6-9-23/h4-6,8-9,11-12,20-22,25H,7,10,13-19H2,1-3H3,(H,35,39)(H,37,41)(H2,33,36,40). The largest absolute Gasteiger partial charge is 0.444 e. The molecule has 4 amide bonds. The lowest BCUT2D eigenvalue weighted by molar-refractivity contribution is 0.0369. The minimum Gasteiger partial charge on any atom is -0.444 e. The number of carbonyl (C=O) groups excluding carboxylic acids is 3. The Morgan fingerprint density at radius 1 is 1.02 bits per heavy atom. The molecule has 4 rings (SSSR count). The zero-order valence-corrected chi connectivity index (χ0v) is 26.4. The molecule has 1 unspecified atom stereocenters. The molecule has 12 heteroatoms. The number of hydrogen-bond donors (Lipinski definition) is 4. The molecule has 1 saturated heterocycles. The zero-order chi connectivity index (χ0) is 31.4. The molecule has 0 aliphatic carbocycles. The maximum absolute atomic E-state index is 13.0. The first-order valence-electron chi connectivity index (χ1n) is 14.9. The first kappa shape index (κ1) is 32.9. The van der Waals surface area contributed by atoms with Gasteiger partial charge in [-0.25, -0.2) is 9.59 Å². The van der Waals surface area contributed by atoms with Crippen LogP contribution in [0.2, 0.25) is 0 Å². The van der Waals surface area contributed by atoms with Crippen LogP contribution in [0.3, 0.4) is 0 Å². The number of amides is 4. The van der Waals surface area contributed by atoms with Crippen molar-refractivity contribution in [2.75, 3.05) is 50.0 Å². The monoisotopic (exact) mass is 622 g/mol. The molecule has 3 aromatic rings. The normalized spacial score (nSPS) is 14.3. The van der Waals surface area contributed by atoms with Crippen LogP contribution >= 0.6 is 11.3 Å². The molecule has 0 saturated carbocycles. The third-order valence-electron chi connectivity index (χ3n) is 6.89. The number of anilines is 2. The van der Waals surface area contributed by atoms with Gasteiger partial charge < -0.3 is 25.4 Å². The van der Waals surface area contributed by atoms with Crippen molar-refractivity contribution in [1.82, 2.24) is 20.5 Å². The number of ether oxygens (including phenoxy) is 2. The van der Waals surface area contributed by atoms with Crippen LogP contribution in [-0.4, -0.2) is 72.9 Å². The molecule has 1 aliphatic rings. The molecule has 3 heterocycles. The van der Waals surface area contributed by atoms with Crippen molar-refractivity contribution >= 4 is 40.7 Å². The number of aromatic nitrogens is 1. The highest BCUT2D eigenvalue weighted by atomic mass is 32.1. The van der Waals surface area contributed by atoms with Crippen molar-refractivity contribution in [2.45, 2.75) is 51.7 Å². The van der Waals surface area contributed by atoms with Gasteiger partial charge in [0.15, 0.2) is 0 Å². The Hall–Kier alpha value is -4.00. The van der Waals surface area contributed by atoms with Crippen molar-refractivity contribution in [3.05, 3.63) is 76.2 Å².